The fraction of sp³-hybridized carbons (Fsp3) is 0.238. The van der Waals surface area contributed by atoms with Crippen LogP contribution in [-0.4, -0.2) is 30.8 Å². The summed E-state index contributed by atoms with van der Waals surface area (Å²) in [5.41, 5.74) is 1.62. The Kier molecular flexibility index (Phi) is 5.88. The van der Waals surface area contributed by atoms with E-state index in [1.807, 2.05) is 37.3 Å². The summed E-state index contributed by atoms with van der Waals surface area (Å²) in [7, 11) is 1.60. The molecule has 0 saturated carbocycles. The lowest BCUT2D eigenvalue weighted by atomic mass is 10.1. The highest BCUT2D eigenvalue weighted by atomic mass is 16.5. The molecule has 6 heteroatoms. The van der Waals surface area contributed by atoms with Crippen LogP contribution in [0.1, 0.15) is 5.56 Å². The Labute approximate surface area is 157 Å². The fourth-order valence-corrected chi connectivity index (χ4v) is 2.82. The van der Waals surface area contributed by atoms with Gasteiger partial charge in [0.1, 0.15) is 5.75 Å². The maximum atomic E-state index is 12.6. The van der Waals surface area contributed by atoms with Crippen LogP contribution in [0.15, 0.2) is 59.5 Å². The van der Waals surface area contributed by atoms with Crippen LogP contribution in [-0.2, 0) is 16.1 Å². The molecule has 0 saturated heterocycles. The number of aryl methyl sites for hydroxylation is 1. The van der Waals surface area contributed by atoms with E-state index >= 15 is 0 Å². The van der Waals surface area contributed by atoms with Crippen molar-refractivity contribution in [2.24, 2.45) is 0 Å². The SMILES string of the molecule is COCCn1ccc2c(OCC(=O)Nc3ccccc3C)cccc2c1=O. The Hall–Kier alpha value is -3.12. The van der Waals surface area contributed by atoms with Crippen molar-refractivity contribution in [1.29, 1.82) is 0 Å². The predicted octanol–water partition coefficient (Wildman–Crippen LogP) is 2.97. The molecule has 27 heavy (non-hydrogen) atoms. The van der Waals surface area contributed by atoms with Crippen LogP contribution in [0.2, 0.25) is 0 Å². The molecule has 1 heterocycles. The summed E-state index contributed by atoms with van der Waals surface area (Å²) in [6.45, 7) is 2.73. The molecule has 1 aromatic heterocycles. The second kappa shape index (κ2) is 8.51. The summed E-state index contributed by atoms with van der Waals surface area (Å²) < 4.78 is 12.3. The van der Waals surface area contributed by atoms with Crippen molar-refractivity contribution in [3.8, 4) is 5.75 Å². The van der Waals surface area contributed by atoms with Crippen molar-refractivity contribution in [3.63, 3.8) is 0 Å². The molecule has 0 spiro atoms. The Morgan fingerprint density at radius 3 is 2.67 bits per heavy atom. The minimum atomic E-state index is -0.255. The Bertz CT molecular complexity index is 1010. The largest absolute Gasteiger partial charge is 0.483 e. The molecule has 1 amide bonds. The molecule has 1 N–H and O–H groups in total. The van der Waals surface area contributed by atoms with E-state index in [0.717, 1.165) is 11.3 Å². The second-order valence-electron chi connectivity index (χ2n) is 6.18. The summed E-state index contributed by atoms with van der Waals surface area (Å²) in [6, 6.07) is 14.6. The first-order valence-corrected chi connectivity index (χ1v) is 8.69. The van der Waals surface area contributed by atoms with Crippen LogP contribution in [0.3, 0.4) is 0 Å². The van der Waals surface area contributed by atoms with Gasteiger partial charge in [-0.1, -0.05) is 24.3 Å². The zero-order valence-corrected chi connectivity index (χ0v) is 15.4. The number of benzene rings is 2. The van der Waals surface area contributed by atoms with E-state index in [9.17, 15) is 9.59 Å². The maximum absolute atomic E-state index is 12.6. The molecule has 0 fully saturated rings. The quantitative estimate of drug-likeness (QED) is 0.698. The number of ether oxygens (including phenoxy) is 2. The van der Waals surface area contributed by atoms with Gasteiger partial charge in [0.25, 0.3) is 11.5 Å². The van der Waals surface area contributed by atoms with Gasteiger partial charge < -0.3 is 19.4 Å². The van der Waals surface area contributed by atoms with Crippen molar-refractivity contribution >= 4 is 22.4 Å². The van der Waals surface area contributed by atoms with Crippen molar-refractivity contribution in [3.05, 3.63) is 70.6 Å². The number of para-hydroxylation sites is 1. The summed E-state index contributed by atoms with van der Waals surface area (Å²) in [6.07, 6.45) is 1.71. The molecular formula is C21H22N2O4. The first-order chi connectivity index (χ1) is 13.1. The van der Waals surface area contributed by atoms with Gasteiger partial charge in [0.2, 0.25) is 0 Å². The fourth-order valence-electron chi connectivity index (χ4n) is 2.82. The normalized spacial score (nSPS) is 10.7. The average molecular weight is 366 g/mol. The number of carbonyl (C=O) groups is 1. The molecule has 0 atom stereocenters. The van der Waals surface area contributed by atoms with Crippen LogP contribution < -0.4 is 15.6 Å². The molecule has 140 valence electrons. The first kappa shape index (κ1) is 18.7. The summed E-state index contributed by atoms with van der Waals surface area (Å²) in [5.74, 6) is 0.248. The van der Waals surface area contributed by atoms with Gasteiger partial charge in [-0.25, -0.2) is 0 Å². The van der Waals surface area contributed by atoms with Crippen molar-refractivity contribution in [1.82, 2.24) is 4.57 Å². The molecule has 0 bridgehead atoms. The second-order valence-corrected chi connectivity index (χ2v) is 6.18. The number of nitrogens with zero attached hydrogens (tertiary/aromatic N) is 1. The van der Waals surface area contributed by atoms with E-state index in [4.69, 9.17) is 9.47 Å². The van der Waals surface area contributed by atoms with Crippen molar-refractivity contribution < 1.29 is 14.3 Å². The number of rotatable bonds is 7. The molecule has 0 unspecified atom stereocenters. The number of pyridine rings is 1. The Morgan fingerprint density at radius 2 is 1.89 bits per heavy atom. The van der Waals surface area contributed by atoms with Crippen LogP contribution in [0.5, 0.6) is 5.75 Å². The van der Waals surface area contributed by atoms with Crippen LogP contribution in [0.4, 0.5) is 5.69 Å². The zero-order chi connectivity index (χ0) is 19.2. The highest BCUT2D eigenvalue weighted by Gasteiger charge is 2.10. The lowest BCUT2D eigenvalue weighted by Gasteiger charge is -2.12. The number of methoxy groups -OCH3 is 1. The molecule has 2 aromatic carbocycles. The zero-order valence-electron chi connectivity index (χ0n) is 15.4. The Morgan fingerprint density at radius 1 is 1.07 bits per heavy atom. The van der Waals surface area contributed by atoms with E-state index in [0.29, 0.717) is 29.7 Å². The van der Waals surface area contributed by atoms with Gasteiger partial charge >= 0.3 is 0 Å². The molecule has 3 aromatic rings. The standard InChI is InChI=1S/C21H22N2O4/c1-15-6-3-4-8-18(15)22-20(24)14-27-19-9-5-7-17-16(19)10-11-23(21(17)25)12-13-26-2/h3-11H,12-14H2,1-2H3,(H,22,24). The van der Waals surface area contributed by atoms with Gasteiger partial charge in [-0.05, 0) is 36.8 Å². The monoisotopic (exact) mass is 366 g/mol. The van der Waals surface area contributed by atoms with Gasteiger partial charge in [-0.15, -0.1) is 0 Å². The molecule has 6 nitrogen and oxygen atoms in total. The van der Waals surface area contributed by atoms with Gasteiger partial charge in [0, 0.05) is 30.9 Å². The minimum Gasteiger partial charge on any atom is -0.483 e. The topological polar surface area (TPSA) is 69.6 Å². The van der Waals surface area contributed by atoms with Gasteiger partial charge in [0.05, 0.1) is 12.0 Å². The predicted molar refractivity (Wildman–Crippen MR) is 105 cm³/mol. The lowest BCUT2D eigenvalue weighted by molar-refractivity contribution is -0.118. The number of amides is 1. The molecule has 0 aliphatic heterocycles. The maximum Gasteiger partial charge on any atom is 0.262 e. The third-order valence-corrected chi connectivity index (χ3v) is 4.29. The lowest BCUT2D eigenvalue weighted by Crippen LogP contribution is -2.22. The highest BCUT2D eigenvalue weighted by Crippen LogP contribution is 2.23. The number of anilines is 1. The molecule has 0 radical (unpaired) electrons. The van der Waals surface area contributed by atoms with E-state index in [1.54, 1.807) is 36.1 Å². The smallest absolute Gasteiger partial charge is 0.262 e. The summed E-state index contributed by atoms with van der Waals surface area (Å²) >= 11 is 0. The summed E-state index contributed by atoms with van der Waals surface area (Å²) in [4.78, 5) is 24.8. The molecule has 0 aliphatic carbocycles. The average Bonchev–Trinajstić information content (AvgIpc) is 2.68. The number of nitrogens with one attached hydrogen (secondary N) is 1. The van der Waals surface area contributed by atoms with Crippen LogP contribution in [0, 0.1) is 6.92 Å². The Balaban J connectivity index is 1.75. The molecular weight excluding hydrogens is 344 g/mol. The number of hydrogen-bond acceptors (Lipinski definition) is 4. The van der Waals surface area contributed by atoms with Crippen molar-refractivity contribution in [2.45, 2.75) is 13.5 Å². The van der Waals surface area contributed by atoms with Gasteiger partial charge in [-0.3, -0.25) is 9.59 Å². The third kappa shape index (κ3) is 4.35. The molecule has 3 rings (SSSR count). The van der Waals surface area contributed by atoms with E-state index in [-0.39, 0.29) is 18.1 Å². The van der Waals surface area contributed by atoms with E-state index in [1.165, 1.54) is 0 Å². The minimum absolute atomic E-state index is 0.112. The number of aromatic nitrogens is 1. The van der Waals surface area contributed by atoms with E-state index < -0.39 is 0 Å². The van der Waals surface area contributed by atoms with Crippen LogP contribution >= 0.6 is 0 Å². The number of carbonyl (C=O) groups excluding carboxylic acids is 1. The third-order valence-electron chi connectivity index (χ3n) is 4.29. The number of fused-ring (bicyclic) bond motifs is 1. The highest BCUT2D eigenvalue weighted by molar-refractivity contribution is 5.93. The van der Waals surface area contributed by atoms with E-state index in [2.05, 4.69) is 5.32 Å². The van der Waals surface area contributed by atoms with Gasteiger partial charge in [-0.2, -0.15) is 0 Å². The van der Waals surface area contributed by atoms with Gasteiger partial charge in [0.15, 0.2) is 6.61 Å². The number of hydrogen-bond donors (Lipinski definition) is 1. The summed E-state index contributed by atoms with van der Waals surface area (Å²) in [5, 5.41) is 4.06. The molecule has 0 aliphatic rings. The van der Waals surface area contributed by atoms with Crippen molar-refractivity contribution in [2.75, 3.05) is 25.6 Å². The van der Waals surface area contributed by atoms with Crippen LogP contribution in [0.25, 0.3) is 10.8 Å². The first-order valence-electron chi connectivity index (χ1n) is 8.69.